The van der Waals surface area contributed by atoms with Gasteiger partial charge in [0.1, 0.15) is 11.0 Å². The maximum absolute atomic E-state index is 13.2. The molecule has 4 N–H and O–H groups in total. The summed E-state index contributed by atoms with van der Waals surface area (Å²) < 4.78 is 1.86. The molecule has 0 amide bonds. The molecule has 4 aromatic rings. The maximum Gasteiger partial charge on any atom is 0.335 e. The predicted molar refractivity (Wildman–Crippen MR) is 125 cm³/mol. The molecule has 32 heavy (non-hydrogen) atoms. The van der Waals surface area contributed by atoms with Gasteiger partial charge in [0.05, 0.1) is 17.6 Å². The highest BCUT2D eigenvalue weighted by Crippen LogP contribution is 2.30. The number of aromatic amines is 1. The Morgan fingerprint density at radius 3 is 2.84 bits per heavy atom. The third-order valence-electron chi connectivity index (χ3n) is 5.96. The number of aromatic nitrogens is 3. The van der Waals surface area contributed by atoms with E-state index in [1.54, 1.807) is 12.1 Å². The Morgan fingerprint density at radius 2 is 2.09 bits per heavy atom. The number of H-pyrrole nitrogens is 1. The van der Waals surface area contributed by atoms with Gasteiger partial charge in [-0.15, -0.1) is 0 Å². The molecule has 9 heteroatoms. The van der Waals surface area contributed by atoms with Crippen LogP contribution in [-0.4, -0.2) is 44.7 Å². The van der Waals surface area contributed by atoms with E-state index in [0.717, 1.165) is 24.9 Å². The van der Waals surface area contributed by atoms with Gasteiger partial charge in [-0.25, -0.2) is 9.78 Å². The van der Waals surface area contributed by atoms with Gasteiger partial charge >= 0.3 is 5.97 Å². The van der Waals surface area contributed by atoms with Gasteiger partial charge in [0.2, 0.25) is 5.95 Å². The monoisotopic (exact) mass is 451 g/mol. The number of imidazole rings is 1. The number of hydrogen-bond donors (Lipinski definition) is 3. The summed E-state index contributed by atoms with van der Waals surface area (Å²) in [5.74, 6) is -0.405. The molecular weight excluding hydrogens is 430 g/mol. The van der Waals surface area contributed by atoms with Crippen molar-refractivity contribution in [2.24, 2.45) is 5.73 Å². The van der Waals surface area contributed by atoms with E-state index in [1.165, 1.54) is 6.07 Å². The fourth-order valence-corrected chi connectivity index (χ4v) is 4.60. The summed E-state index contributed by atoms with van der Waals surface area (Å²) in [5.41, 5.74) is 8.31. The van der Waals surface area contributed by atoms with Crippen molar-refractivity contribution in [1.29, 1.82) is 0 Å². The first kappa shape index (κ1) is 20.5. The van der Waals surface area contributed by atoms with Gasteiger partial charge in [-0.3, -0.25) is 4.79 Å². The molecule has 1 fully saturated rings. The van der Waals surface area contributed by atoms with E-state index in [1.807, 2.05) is 28.8 Å². The van der Waals surface area contributed by atoms with E-state index in [-0.39, 0.29) is 17.2 Å². The SMILES string of the molecule is N[C@@H]1CCCN(c2nc3c4cc(C(=O)O)ccc4[nH]c(=O)c3n2Cc2ccccc2Cl)C1. The molecule has 2 aromatic heterocycles. The zero-order valence-electron chi connectivity index (χ0n) is 17.2. The Morgan fingerprint density at radius 1 is 1.28 bits per heavy atom. The van der Waals surface area contributed by atoms with Gasteiger partial charge in [-0.05, 0) is 42.7 Å². The van der Waals surface area contributed by atoms with E-state index in [2.05, 4.69) is 9.88 Å². The van der Waals surface area contributed by atoms with Gasteiger partial charge in [-0.2, -0.15) is 0 Å². The molecule has 3 heterocycles. The fraction of sp³-hybridized carbons (Fsp3) is 0.261. The number of nitrogens with one attached hydrogen (secondary N) is 1. The number of nitrogens with zero attached hydrogens (tertiary/aromatic N) is 3. The van der Waals surface area contributed by atoms with Crippen LogP contribution >= 0.6 is 11.6 Å². The van der Waals surface area contributed by atoms with Crippen LogP contribution in [0.15, 0.2) is 47.3 Å². The molecular formula is C23H22ClN5O3. The summed E-state index contributed by atoms with van der Waals surface area (Å²) in [5, 5.41) is 10.6. The molecule has 0 unspecified atom stereocenters. The highest BCUT2D eigenvalue weighted by molar-refractivity contribution is 6.31. The first-order valence-electron chi connectivity index (χ1n) is 10.5. The second-order valence-corrected chi connectivity index (χ2v) is 8.56. The number of nitrogens with two attached hydrogens (primary N) is 1. The zero-order chi connectivity index (χ0) is 22.4. The number of pyridine rings is 1. The van der Waals surface area contributed by atoms with Crippen molar-refractivity contribution >= 4 is 45.5 Å². The molecule has 2 aromatic carbocycles. The van der Waals surface area contributed by atoms with E-state index < -0.39 is 5.97 Å². The van der Waals surface area contributed by atoms with Crippen LogP contribution in [0.5, 0.6) is 0 Å². The molecule has 1 atom stereocenters. The van der Waals surface area contributed by atoms with E-state index in [4.69, 9.17) is 22.3 Å². The lowest BCUT2D eigenvalue weighted by molar-refractivity contribution is 0.0697. The van der Waals surface area contributed by atoms with Crippen molar-refractivity contribution < 1.29 is 9.90 Å². The zero-order valence-corrected chi connectivity index (χ0v) is 18.0. The quantitative estimate of drug-likeness (QED) is 0.438. The largest absolute Gasteiger partial charge is 0.478 e. The molecule has 5 rings (SSSR count). The van der Waals surface area contributed by atoms with Crippen LogP contribution in [0.25, 0.3) is 21.9 Å². The first-order valence-corrected chi connectivity index (χ1v) is 10.8. The molecule has 0 spiro atoms. The number of hydrogen-bond acceptors (Lipinski definition) is 5. The topological polar surface area (TPSA) is 117 Å². The molecule has 1 aliphatic rings. The van der Waals surface area contributed by atoms with Crippen LogP contribution in [0.4, 0.5) is 5.95 Å². The maximum atomic E-state index is 13.2. The lowest BCUT2D eigenvalue weighted by Crippen LogP contribution is -2.44. The highest BCUT2D eigenvalue weighted by atomic mass is 35.5. The summed E-state index contributed by atoms with van der Waals surface area (Å²) >= 11 is 6.43. The van der Waals surface area contributed by atoms with Crippen LogP contribution < -0.4 is 16.2 Å². The van der Waals surface area contributed by atoms with Crippen molar-refractivity contribution in [2.45, 2.75) is 25.4 Å². The Hall–Kier alpha value is -3.36. The van der Waals surface area contributed by atoms with E-state index >= 15 is 0 Å². The third kappa shape index (κ3) is 3.51. The number of carbonyl (C=O) groups is 1. The number of benzene rings is 2. The molecule has 164 valence electrons. The third-order valence-corrected chi connectivity index (χ3v) is 6.33. The van der Waals surface area contributed by atoms with Crippen molar-refractivity contribution in [1.82, 2.24) is 14.5 Å². The van der Waals surface area contributed by atoms with Gasteiger partial charge in [0.15, 0.2) is 0 Å². The van der Waals surface area contributed by atoms with Crippen LogP contribution in [0.3, 0.4) is 0 Å². The second-order valence-electron chi connectivity index (χ2n) is 8.15. The number of carboxylic acid groups (broad SMARTS) is 1. The van der Waals surface area contributed by atoms with Crippen molar-refractivity contribution in [3.05, 3.63) is 69.0 Å². The molecule has 1 saturated heterocycles. The molecule has 8 nitrogen and oxygen atoms in total. The highest BCUT2D eigenvalue weighted by Gasteiger charge is 2.25. The smallest absolute Gasteiger partial charge is 0.335 e. The molecule has 0 radical (unpaired) electrons. The number of piperidine rings is 1. The first-order chi connectivity index (χ1) is 15.4. The Labute approximate surface area is 188 Å². The number of fused-ring (bicyclic) bond motifs is 3. The van der Waals surface area contributed by atoms with Crippen LogP contribution in [0, 0.1) is 0 Å². The van der Waals surface area contributed by atoms with Crippen LogP contribution in [0.2, 0.25) is 5.02 Å². The van der Waals surface area contributed by atoms with E-state index in [9.17, 15) is 14.7 Å². The van der Waals surface area contributed by atoms with Gasteiger partial charge < -0.3 is 25.3 Å². The molecule has 0 saturated carbocycles. The van der Waals surface area contributed by atoms with Crippen molar-refractivity contribution in [3.8, 4) is 0 Å². The summed E-state index contributed by atoms with van der Waals surface area (Å²) in [6.07, 6.45) is 1.86. The Balaban J connectivity index is 1.79. The normalized spacial score (nSPS) is 16.7. The van der Waals surface area contributed by atoms with Gasteiger partial charge in [-0.1, -0.05) is 29.8 Å². The minimum absolute atomic E-state index is 0.0194. The second kappa shape index (κ2) is 7.96. The number of rotatable bonds is 4. The average Bonchev–Trinajstić information content (AvgIpc) is 3.15. The molecule has 1 aliphatic heterocycles. The van der Waals surface area contributed by atoms with Gasteiger partial charge in [0, 0.05) is 29.5 Å². The Kier molecular flexibility index (Phi) is 5.11. The molecule has 0 aliphatic carbocycles. The Bertz CT molecular complexity index is 1410. The van der Waals surface area contributed by atoms with Crippen LogP contribution in [-0.2, 0) is 6.54 Å². The van der Waals surface area contributed by atoms with Crippen LogP contribution in [0.1, 0.15) is 28.8 Å². The summed E-state index contributed by atoms with van der Waals surface area (Å²) in [7, 11) is 0. The predicted octanol–water partition coefficient (Wildman–Crippen LogP) is 3.21. The lowest BCUT2D eigenvalue weighted by Gasteiger charge is -2.32. The summed E-state index contributed by atoms with van der Waals surface area (Å²) in [4.78, 5) is 34.5. The lowest BCUT2D eigenvalue weighted by atomic mass is 10.1. The number of aromatic carboxylic acids is 1. The summed E-state index contributed by atoms with van der Waals surface area (Å²) in [6, 6.07) is 12.1. The number of halogens is 1. The minimum atomic E-state index is -1.04. The standard InChI is InChI=1S/C23H22ClN5O3/c24-17-6-2-1-4-14(17)11-29-20-19(27-23(29)28-9-3-5-15(25)12-28)16-10-13(22(31)32)7-8-18(16)26-21(20)30/h1-2,4,6-8,10,15H,3,5,9,11-12,25H2,(H,26,30)(H,31,32)/t15-/m1/s1. The summed E-state index contributed by atoms with van der Waals surface area (Å²) in [6.45, 7) is 1.75. The van der Waals surface area contributed by atoms with Crippen molar-refractivity contribution in [2.75, 3.05) is 18.0 Å². The number of carboxylic acids is 1. The van der Waals surface area contributed by atoms with Crippen molar-refractivity contribution in [3.63, 3.8) is 0 Å². The average molecular weight is 452 g/mol. The fourth-order valence-electron chi connectivity index (χ4n) is 4.40. The van der Waals surface area contributed by atoms with Gasteiger partial charge in [0.25, 0.3) is 5.56 Å². The molecule has 0 bridgehead atoms. The van der Waals surface area contributed by atoms with E-state index in [0.29, 0.717) is 46.0 Å². The number of anilines is 1. The minimum Gasteiger partial charge on any atom is -0.478 e.